The molecule has 0 fully saturated rings. The first kappa shape index (κ1) is 18.4. The Bertz CT molecular complexity index is 219. The lowest BCUT2D eigenvalue weighted by Crippen LogP contribution is -2.37. The maximum atomic E-state index is 10.8. The minimum atomic E-state index is -0.708. The van der Waals surface area contributed by atoms with E-state index in [4.69, 9.17) is 5.11 Å². The summed E-state index contributed by atoms with van der Waals surface area (Å²) in [6.45, 7) is 7.59. The van der Waals surface area contributed by atoms with Crippen LogP contribution in [0.4, 0.5) is 0 Å². The number of aliphatic carboxylic acids is 1. The summed E-state index contributed by atoms with van der Waals surface area (Å²) >= 11 is 0. The van der Waals surface area contributed by atoms with E-state index >= 15 is 0 Å². The van der Waals surface area contributed by atoms with Gasteiger partial charge in [-0.1, -0.05) is 58.8 Å². The van der Waals surface area contributed by atoms with Crippen LogP contribution >= 0.6 is 0 Å². The Hall–Kier alpha value is -0.570. The van der Waals surface area contributed by atoms with Crippen molar-refractivity contribution in [3.05, 3.63) is 0 Å². The van der Waals surface area contributed by atoms with E-state index in [-0.39, 0.29) is 6.54 Å². The molecule has 1 N–H and O–H groups in total. The molecule has 3 nitrogen and oxygen atoms in total. The Morgan fingerprint density at radius 1 is 1.00 bits per heavy atom. The fourth-order valence-electron chi connectivity index (χ4n) is 2.34. The highest BCUT2D eigenvalue weighted by molar-refractivity contribution is 5.69. The fourth-order valence-corrected chi connectivity index (χ4v) is 2.34. The third kappa shape index (κ3) is 11.0. The van der Waals surface area contributed by atoms with Crippen LogP contribution in [0.3, 0.4) is 0 Å². The molecule has 0 spiro atoms. The fraction of sp³-hybridized carbons (Fsp3) is 0.938. The van der Waals surface area contributed by atoms with E-state index in [1.807, 2.05) is 0 Å². The van der Waals surface area contributed by atoms with Crippen molar-refractivity contribution in [1.29, 1.82) is 0 Å². The Labute approximate surface area is 119 Å². The van der Waals surface area contributed by atoms with Crippen LogP contribution in [0.1, 0.15) is 78.6 Å². The molecule has 0 radical (unpaired) electrons. The average Bonchev–Trinajstić information content (AvgIpc) is 2.39. The van der Waals surface area contributed by atoms with Crippen molar-refractivity contribution in [2.24, 2.45) is 0 Å². The number of unbranched alkanes of at least 4 members (excludes halogenated alkanes) is 7. The maximum Gasteiger partial charge on any atom is 0.317 e. The molecule has 3 heteroatoms. The number of carbonyl (C=O) groups is 1. The molecule has 0 rings (SSSR count). The molecule has 114 valence electrons. The number of rotatable bonds is 13. The molecular weight excluding hydrogens is 238 g/mol. The van der Waals surface area contributed by atoms with Gasteiger partial charge in [0, 0.05) is 6.04 Å². The summed E-state index contributed by atoms with van der Waals surface area (Å²) < 4.78 is 0. The largest absolute Gasteiger partial charge is 0.480 e. The minimum Gasteiger partial charge on any atom is -0.480 e. The molecule has 0 heterocycles. The van der Waals surface area contributed by atoms with Crippen molar-refractivity contribution in [2.45, 2.75) is 84.6 Å². The Balaban J connectivity index is 3.60. The van der Waals surface area contributed by atoms with Crippen LogP contribution < -0.4 is 0 Å². The average molecular weight is 271 g/mol. The summed E-state index contributed by atoms with van der Waals surface area (Å²) in [5.41, 5.74) is 0. The van der Waals surface area contributed by atoms with Crippen LogP contribution in [0.5, 0.6) is 0 Å². The molecule has 0 amide bonds. The number of hydrogen-bond donors (Lipinski definition) is 1. The number of carboxylic acids is 1. The Morgan fingerprint density at radius 3 is 2.00 bits per heavy atom. The summed E-state index contributed by atoms with van der Waals surface area (Å²) in [5, 5.41) is 8.91. The van der Waals surface area contributed by atoms with Crippen LogP contribution in [-0.4, -0.2) is 35.1 Å². The Kier molecular flexibility index (Phi) is 12.1. The second-order valence-corrected chi connectivity index (χ2v) is 5.60. The summed E-state index contributed by atoms with van der Waals surface area (Å²) in [4.78, 5) is 12.9. The van der Waals surface area contributed by atoms with Gasteiger partial charge in [-0.2, -0.15) is 0 Å². The normalized spacial score (nSPS) is 12.8. The topological polar surface area (TPSA) is 40.5 Å². The van der Waals surface area contributed by atoms with Gasteiger partial charge < -0.3 is 5.11 Å². The molecule has 0 saturated carbocycles. The zero-order valence-electron chi connectivity index (χ0n) is 13.2. The van der Waals surface area contributed by atoms with Crippen LogP contribution in [0.2, 0.25) is 0 Å². The van der Waals surface area contributed by atoms with Gasteiger partial charge in [-0.05, 0) is 26.3 Å². The van der Waals surface area contributed by atoms with Gasteiger partial charge in [0.15, 0.2) is 0 Å². The third-order valence-corrected chi connectivity index (χ3v) is 3.85. The molecule has 0 aromatic rings. The second-order valence-electron chi connectivity index (χ2n) is 5.60. The molecule has 1 unspecified atom stereocenters. The van der Waals surface area contributed by atoms with Gasteiger partial charge in [0.25, 0.3) is 0 Å². The quantitative estimate of drug-likeness (QED) is 0.507. The van der Waals surface area contributed by atoms with E-state index < -0.39 is 5.97 Å². The predicted octanol–water partition coefficient (Wildman–Crippen LogP) is 4.31. The van der Waals surface area contributed by atoms with Gasteiger partial charge in [-0.15, -0.1) is 0 Å². The van der Waals surface area contributed by atoms with Gasteiger partial charge in [0.2, 0.25) is 0 Å². The van der Waals surface area contributed by atoms with E-state index in [0.717, 1.165) is 19.4 Å². The number of carboxylic acid groups (broad SMARTS) is 1. The lowest BCUT2D eigenvalue weighted by atomic mass is 10.1. The standard InChI is InChI=1S/C16H33NO2/c1-4-6-7-8-9-10-11-12-13-17(14-16(18)19)15(3)5-2/h15H,4-14H2,1-3H3,(H,18,19). The van der Waals surface area contributed by atoms with Gasteiger partial charge in [0.1, 0.15) is 0 Å². The Morgan fingerprint density at radius 2 is 1.53 bits per heavy atom. The highest BCUT2D eigenvalue weighted by Gasteiger charge is 2.14. The smallest absolute Gasteiger partial charge is 0.317 e. The molecule has 0 aromatic heterocycles. The van der Waals surface area contributed by atoms with Crippen molar-refractivity contribution in [1.82, 2.24) is 4.90 Å². The molecule has 0 bridgehead atoms. The van der Waals surface area contributed by atoms with Crippen molar-refractivity contribution in [2.75, 3.05) is 13.1 Å². The molecular formula is C16H33NO2. The third-order valence-electron chi connectivity index (χ3n) is 3.85. The lowest BCUT2D eigenvalue weighted by molar-refractivity contribution is -0.138. The van der Waals surface area contributed by atoms with E-state index in [0.29, 0.717) is 6.04 Å². The molecule has 0 aliphatic heterocycles. The highest BCUT2D eigenvalue weighted by Crippen LogP contribution is 2.10. The first-order chi connectivity index (χ1) is 9.11. The van der Waals surface area contributed by atoms with Crippen molar-refractivity contribution < 1.29 is 9.90 Å². The number of hydrogen-bond acceptors (Lipinski definition) is 2. The van der Waals surface area contributed by atoms with E-state index in [1.165, 1.54) is 44.9 Å². The van der Waals surface area contributed by atoms with Crippen LogP contribution in [0, 0.1) is 0 Å². The van der Waals surface area contributed by atoms with Crippen LogP contribution in [-0.2, 0) is 4.79 Å². The summed E-state index contributed by atoms with van der Waals surface area (Å²) in [5.74, 6) is -0.708. The zero-order valence-corrected chi connectivity index (χ0v) is 13.2. The molecule has 0 aliphatic carbocycles. The SMILES string of the molecule is CCCCCCCCCCN(CC(=O)O)C(C)CC. The van der Waals surface area contributed by atoms with E-state index in [1.54, 1.807) is 0 Å². The van der Waals surface area contributed by atoms with E-state index in [9.17, 15) is 4.79 Å². The van der Waals surface area contributed by atoms with Crippen molar-refractivity contribution >= 4 is 5.97 Å². The lowest BCUT2D eigenvalue weighted by Gasteiger charge is -2.26. The molecule has 1 atom stereocenters. The van der Waals surface area contributed by atoms with Crippen LogP contribution in [0.25, 0.3) is 0 Å². The monoisotopic (exact) mass is 271 g/mol. The van der Waals surface area contributed by atoms with Gasteiger partial charge in [0.05, 0.1) is 6.54 Å². The summed E-state index contributed by atoms with van der Waals surface area (Å²) in [6.07, 6.45) is 11.4. The first-order valence-corrected chi connectivity index (χ1v) is 8.07. The zero-order chi connectivity index (χ0) is 14.5. The highest BCUT2D eigenvalue weighted by atomic mass is 16.4. The summed E-state index contributed by atoms with van der Waals surface area (Å²) in [6, 6.07) is 0.376. The minimum absolute atomic E-state index is 0.186. The second kappa shape index (κ2) is 12.5. The predicted molar refractivity (Wildman–Crippen MR) is 81.6 cm³/mol. The first-order valence-electron chi connectivity index (χ1n) is 8.07. The maximum absolute atomic E-state index is 10.8. The van der Waals surface area contributed by atoms with Crippen LogP contribution in [0.15, 0.2) is 0 Å². The van der Waals surface area contributed by atoms with Crippen molar-refractivity contribution in [3.63, 3.8) is 0 Å². The van der Waals surface area contributed by atoms with Crippen molar-refractivity contribution in [3.8, 4) is 0 Å². The van der Waals surface area contributed by atoms with Gasteiger partial charge in [-0.25, -0.2) is 0 Å². The molecule has 0 aromatic carbocycles. The summed E-state index contributed by atoms with van der Waals surface area (Å²) in [7, 11) is 0. The molecule has 0 aliphatic rings. The number of nitrogens with zero attached hydrogens (tertiary/aromatic N) is 1. The molecule has 0 saturated heterocycles. The molecule has 19 heavy (non-hydrogen) atoms. The van der Waals surface area contributed by atoms with E-state index in [2.05, 4.69) is 25.7 Å². The van der Waals surface area contributed by atoms with Gasteiger partial charge >= 0.3 is 5.97 Å². The van der Waals surface area contributed by atoms with Gasteiger partial charge in [-0.3, -0.25) is 9.69 Å².